The van der Waals surface area contributed by atoms with Gasteiger partial charge in [-0.25, -0.2) is 0 Å². The Morgan fingerprint density at radius 2 is 2.00 bits per heavy atom. The fourth-order valence-electron chi connectivity index (χ4n) is 2.02. The van der Waals surface area contributed by atoms with Crippen LogP contribution in [0.3, 0.4) is 0 Å². The van der Waals surface area contributed by atoms with Crippen molar-refractivity contribution in [2.75, 3.05) is 6.79 Å². The Bertz CT molecular complexity index is 523. The summed E-state index contributed by atoms with van der Waals surface area (Å²) >= 11 is 0. The van der Waals surface area contributed by atoms with Gasteiger partial charge < -0.3 is 14.0 Å². The summed E-state index contributed by atoms with van der Waals surface area (Å²) in [5, 5.41) is 0. The van der Waals surface area contributed by atoms with Crippen LogP contribution in [0, 0.1) is 19.9 Å². The van der Waals surface area contributed by atoms with Crippen molar-refractivity contribution < 1.29 is 9.47 Å². The van der Waals surface area contributed by atoms with Gasteiger partial charge in [-0.1, -0.05) is 0 Å². The SMILES string of the molecule is Cc1[c]cc(C)n1-c1ccc2c(c1)OCO2. The lowest BCUT2D eigenvalue weighted by molar-refractivity contribution is 0.174. The van der Waals surface area contributed by atoms with Crippen molar-refractivity contribution in [2.45, 2.75) is 13.8 Å². The van der Waals surface area contributed by atoms with Gasteiger partial charge in [-0.3, -0.25) is 0 Å². The molecule has 0 bridgehead atoms. The minimum absolute atomic E-state index is 0.314. The van der Waals surface area contributed by atoms with Crippen molar-refractivity contribution >= 4 is 0 Å². The lowest BCUT2D eigenvalue weighted by Gasteiger charge is -2.09. The molecule has 0 atom stereocenters. The van der Waals surface area contributed by atoms with Crippen LogP contribution in [0.2, 0.25) is 0 Å². The summed E-state index contributed by atoms with van der Waals surface area (Å²) in [5.41, 5.74) is 3.34. The highest BCUT2D eigenvalue weighted by Gasteiger charge is 2.14. The van der Waals surface area contributed by atoms with Gasteiger partial charge in [0.15, 0.2) is 11.5 Å². The molecule has 1 aromatic heterocycles. The highest BCUT2D eigenvalue weighted by molar-refractivity contribution is 5.51. The third-order valence-electron chi connectivity index (χ3n) is 2.79. The average Bonchev–Trinajstić information content (AvgIpc) is 2.85. The molecule has 1 aliphatic heterocycles. The largest absolute Gasteiger partial charge is 0.454 e. The average molecular weight is 214 g/mol. The fourth-order valence-corrected chi connectivity index (χ4v) is 2.02. The highest BCUT2D eigenvalue weighted by Crippen LogP contribution is 2.34. The molecule has 0 fully saturated rings. The topological polar surface area (TPSA) is 23.4 Å². The number of nitrogens with zero attached hydrogens (tertiary/aromatic N) is 1. The quantitative estimate of drug-likeness (QED) is 0.728. The minimum Gasteiger partial charge on any atom is -0.454 e. The van der Waals surface area contributed by atoms with E-state index >= 15 is 0 Å². The number of aryl methyl sites for hydroxylation is 2. The zero-order valence-corrected chi connectivity index (χ0v) is 9.28. The van der Waals surface area contributed by atoms with E-state index in [1.54, 1.807) is 0 Å². The van der Waals surface area contributed by atoms with E-state index in [0.717, 1.165) is 28.6 Å². The zero-order chi connectivity index (χ0) is 11.1. The van der Waals surface area contributed by atoms with Crippen LogP contribution in [0.4, 0.5) is 0 Å². The predicted octanol–water partition coefficient (Wildman–Crippen LogP) is 2.62. The molecule has 3 rings (SSSR count). The van der Waals surface area contributed by atoms with Crippen LogP contribution in [0.15, 0.2) is 24.3 Å². The molecule has 0 saturated carbocycles. The number of benzene rings is 1. The Labute approximate surface area is 94.2 Å². The maximum Gasteiger partial charge on any atom is 0.231 e. The fraction of sp³-hybridized carbons (Fsp3) is 0.231. The van der Waals surface area contributed by atoms with E-state index in [1.165, 1.54) is 0 Å². The van der Waals surface area contributed by atoms with E-state index in [9.17, 15) is 0 Å². The van der Waals surface area contributed by atoms with Gasteiger partial charge in [0, 0.05) is 29.2 Å². The summed E-state index contributed by atoms with van der Waals surface area (Å²) in [5.74, 6) is 1.63. The monoisotopic (exact) mass is 214 g/mol. The van der Waals surface area contributed by atoms with E-state index in [-0.39, 0.29) is 0 Å². The van der Waals surface area contributed by atoms with E-state index in [0.29, 0.717) is 6.79 Å². The molecule has 0 N–H and O–H groups in total. The molecular weight excluding hydrogens is 202 g/mol. The Morgan fingerprint density at radius 3 is 2.75 bits per heavy atom. The predicted molar refractivity (Wildman–Crippen MR) is 60.2 cm³/mol. The summed E-state index contributed by atoms with van der Waals surface area (Å²) in [6, 6.07) is 11.1. The van der Waals surface area contributed by atoms with Gasteiger partial charge in [-0.2, -0.15) is 0 Å². The molecule has 0 unspecified atom stereocenters. The highest BCUT2D eigenvalue weighted by atomic mass is 16.7. The van der Waals surface area contributed by atoms with Gasteiger partial charge >= 0.3 is 0 Å². The van der Waals surface area contributed by atoms with E-state index in [2.05, 4.69) is 17.6 Å². The second-order valence-corrected chi connectivity index (χ2v) is 3.89. The third-order valence-corrected chi connectivity index (χ3v) is 2.79. The molecule has 1 radical (unpaired) electrons. The zero-order valence-electron chi connectivity index (χ0n) is 9.28. The molecule has 1 aliphatic rings. The first-order valence-corrected chi connectivity index (χ1v) is 5.22. The van der Waals surface area contributed by atoms with Gasteiger partial charge in [-0.05, 0) is 32.0 Å². The molecule has 81 valence electrons. The molecule has 16 heavy (non-hydrogen) atoms. The second-order valence-electron chi connectivity index (χ2n) is 3.89. The van der Waals surface area contributed by atoms with Crippen molar-refractivity contribution in [3.63, 3.8) is 0 Å². The second kappa shape index (κ2) is 3.30. The van der Waals surface area contributed by atoms with Crippen LogP contribution in [-0.2, 0) is 0 Å². The van der Waals surface area contributed by atoms with Crippen molar-refractivity contribution in [1.29, 1.82) is 0 Å². The van der Waals surface area contributed by atoms with Gasteiger partial charge in [0.1, 0.15) is 0 Å². The number of hydrogen-bond acceptors (Lipinski definition) is 2. The number of fused-ring (bicyclic) bond motifs is 1. The number of ether oxygens (including phenoxy) is 2. The van der Waals surface area contributed by atoms with Crippen LogP contribution < -0.4 is 9.47 Å². The van der Waals surface area contributed by atoms with Gasteiger partial charge in [0.2, 0.25) is 6.79 Å². The van der Waals surface area contributed by atoms with Crippen molar-refractivity contribution in [2.24, 2.45) is 0 Å². The van der Waals surface area contributed by atoms with E-state index in [1.807, 2.05) is 31.2 Å². The summed E-state index contributed by atoms with van der Waals surface area (Å²) in [7, 11) is 0. The van der Waals surface area contributed by atoms with Crippen LogP contribution in [0.1, 0.15) is 11.4 Å². The lowest BCUT2D eigenvalue weighted by atomic mass is 10.2. The van der Waals surface area contributed by atoms with Crippen LogP contribution in [0.5, 0.6) is 11.5 Å². The third kappa shape index (κ3) is 1.28. The van der Waals surface area contributed by atoms with Crippen LogP contribution in [0.25, 0.3) is 5.69 Å². The molecular formula is C13H12NO2. The van der Waals surface area contributed by atoms with Crippen LogP contribution in [-0.4, -0.2) is 11.4 Å². The first-order valence-electron chi connectivity index (χ1n) is 5.22. The van der Waals surface area contributed by atoms with Crippen molar-refractivity contribution in [3.8, 4) is 17.2 Å². The molecule has 1 aromatic carbocycles. The number of hydrogen-bond donors (Lipinski definition) is 0. The standard InChI is InChI=1S/C13H12NO2/c1-9-3-4-10(2)14(9)11-5-6-12-13(7-11)16-8-15-12/h3,5-7H,8H2,1-2H3. The Kier molecular flexibility index (Phi) is 1.93. The first-order chi connectivity index (χ1) is 7.75. The minimum atomic E-state index is 0.314. The van der Waals surface area contributed by atoms with Gasteiger partial charge in [0.05, 0.1) is 0 Å². The summed E-state index contributed by atoms with van der Waals surface area (Å²) in [6.45, 7) is 4.42. The molecule has 3 nitrogen and oxygen atoms in total. The molecule has 0 saturated heterocycles. The van der Waals surface area contributed by atoms with Crippen LogP contribution >= 0.6 is 0 Å². The molecule has 0 aliphatic carbocycles. The number of rotatable bonds is 1. The maximum absolute atomic E-state index is 5.37. The van der Waals surface area contributed by atoms with Gasteiger partial charge in [0.25, 0.3) is 0 Å². The smallest absolute Gasteiger partial charge is 0.231 e. The summed E-state index contributed by atoms with van der Waals surface area (Å²) < 4.78 is 12.8. The molecule has 0 spiro atoms. The molecule has 3 heteroatoms. The van der Waals surface area contributed by atoms with E-state index in [4.69, 9.17) is 9.47 Å². The Morgan fingerprint density at radius 1 is 1.19 bits per heavy atom. The van der Waals surface area contributed by atoms with Gasteiger partial charge in [-0.15, -0.1) is 0 Å². The number of aromatic nitrogens is 1. The molecule has 2 heterocycles. The first kappa shape index (κ1) is 9.33. The normalized spacial score (nSPS) is 13.1. The molecule has 0 amide bonds. The van der Waals surface area contributed by atoms with Crippen molar-refractivity contribution in [3.05, 3.63) is 41.7 Å². The summed E-state index contributed by atoms with van der Waals surface area (Å²) in [4.78, 5) is 0. The lowest BCUT2D eigenvalue weighted by Crippen LogP contribution is -1.98. The Balaban J connectivity index is 2.14. The summed E-state index contributed by atoms with van der Waals surface area (Å²) in [6.07, 6.45) is 0. The Hall–Kier alpha value is -1.90. The van der Waals surface area contributed by atoms with E-state index < -0.39 is 0 Å². The molecule has 2 aromatic rings. The maximum atomic E-state index is 5.37. The van der Waals surface area contributed by atoms with Crippen molar-refractivity contribution in [1.82, 2.24) is 4.57 Å².